The number of aryl methyl sites for hydroxylation is 1. The van der Waals surface area contributed by atoms with Gasteiger partial charge in [0.15, 0.2) is 0 Å². The summed E-state index contributed by atoms with van der Waals surface area (Å²) in [4.78, 5) is 4.15. The minimum Gasteiger partial charge on any atom is -0.493 e. The summed E-state index contributed by atoms with van der Waals surface area (Å²) in [5.41, 5.74) is 3.51. The third-order valence-electron chi connectivity index (χ3n) is 3.50. The molecule has 3 heteroatoms. The lowest BCUT2D eigenvalue weighted by Crippen LogP contribution is -2.10. The van der Waals surface area contributed by atoms with Gasteiger partial charge in [-0.1, -0.05) is 18.2 Å². The Balaban J connectivity index is 1.92. The molecule has 1 aromatic carbocycles. The maximum Gasteiger partial charge on any atom is 0.127 e. The Labute approximate surface area is 113 Å². The summed E-state index contributed by atoms with van der Waals surface area (Å²) >= 11 is 0. The van der Waals surface area contributed by atoms with E-state index in [1.807, 2.05) is 18.3 Å². The van der Waals surface area contributed by atoms with Gasteiger partial charge in [0.2, 0.25) is 0 Å². The van der Waals surface area contributed by atoms with E-state index >= 15 is 0 Å². The number of para-hydroxylation sites is 1. The molecule has 1 atom stereocenters. The van der Waals surface area contributed by atoms with Gasteiger partial charge in [-0.3, -0.25) is 4.98 Å². The lowest BCUT2D eigenvalue weighted by molar-refractivity contribution is 0.314. The van der Waals surface area contributed by atoms with Gasteiger partial charge < -0.3 is 10.1 Å². The Morgan fingerprint density at radius 3 is 3.05 bits per heavy atom. The van der Waals surface area contributed by atoms with Gasteiger partial charge in [0.1, 0.15) is 5.75 Å². The fourth-order valence-corrected chi connectivity index (χ4v) is 2.56. The number of aromatic nitrogens is 1. The van der Waals surface area contributed by atoms with Crippen molar-refractivity contribution < 1.29 is 4.74 Å². The minimum atomic E-state index is 0.293. The predicted molar refractivity (Wildman–Crippen MR) is 76.5 cm³/mol. The number of hydrogen-bond acceptors (Lipinski definition) is 3. The summed E-state index contributed by atoms with van der Waals surface area (Å²) in [7, 11) is 0. The molecule has 0 fully saturated rings. The molecule has 0 bridgehead atoms. The highest BCUT2D eigenvalue weighted by atomic mass is 16.5. The summed E-state index contributed by atoms with van der Waals surface area (Å²) in [6, 6.07) is 10.6. The summed E-state index contributed by atoms with van der Waals surface area (Å²) < 4.78 is 5.89. The summed E-state index contributed by atoms with van der Waals surface area (Å²) in [6.45, 7) is 2.90. The van der Waals surface area contributed by atoms with Gasteiger partial charge in [-0.25, -0.2) is 0 Å². The molecule has 0 amide bonds. The van der Waals surface area contributed by atoms with Crippen molar-refractivity contribution in [3.63, 3.8) is 0 Å². The van der Waals surface area contributed by atoms with Crippen molar-refractivity contribution in [2.45, 2.75) is 25.8 Å². The highest BCUT2D eigenvalue weighted by Gasteiger charge is 2.20. The number of nitrogens with one attached hydrogen (secondary N) is 1. The first-order valence-corrected chi connectivity index (χ1v) is 6.73. The van der Waals surface area contributed by atoms with Gasteiger partial charge in [0.25, 0.3) is 0 Å². The second-order valence-electron chi connectivity index (χ2n) is 4.92. The molecule has 0 radical (unpaired) electrons. The normalized spacial score (nSPS) is 18.1. The lowest BCUT2D eigenvalue weighted by Gasteiger charge is -2.20. The van der Waals surface area contributed by atoms with E-state index in [1.54, 1.807) is 6.20 Å². The molecule has 1 N–H and O–H groups in total. The first-order valence-electron chi connectivity index (χ1n) is 6.73. The first-order chi connectivity index (χ1) is 9.34. The zero-order valence-corrected chi connectivity index (χ0v) is 11.1. The summed E-state index contributed by atoms with van der Waals surface area (Å²) in [6.07, 6.45) is 5.79. The van der Waals surface area contributed by atoms with Crippen molar-refractivity contribution >= 4 is 5.69 Å². The third-order valence-corrected chi connectivity index (χ3v) is 3.50. The van der Waals surface area contributed by atoms with Gasteiger partial charge in [0, 0.05) is 18.0 Å². The van der Waals surface area contributed by atoms with Crippen molar-refractivity contribution in [3.05, 3.63) is 53.9 Å². The second-order valence-corrected chi connectivity index (χ2v) is 4.92. The zero-order valence-electron chi connectivity index (χ0n) is 11.1. The zero-order chi connectivity index (χ0) is 13.1. The molecule has 2 aromatic rings. The average Bonchev–Trinajstić information content (AvgIpc) is 2.64. The van der Waals surface area contributed by atoms with Crippen LogP contribution in [0, 0.1) is 6.92 Å². The number of anilines is 1. The van der Waals surface area contributed by atoms with Crippen LogP contribution in [0.15, 0.2) is 42.7 Å². The van der Waals surface area contributed by atoms with E-state index in [4.69, 9.17) is 4.74 Å². The smallest absolute Gasteiger partial charge is 0.127 e. The van der Waals surface area contributed by atoms with E-state index in [9.17, 15) is 0 Å². The fraction of sp³-hybridized carbons (Fsp3) is 0.312. The van der Waals surface area contributed by atoms with Crippen LogP contribution in [-0.4, -0.2) is 11.6 Å². The van der Waals surface area contributed by atoms with Crippen LogP contribution in [0.3, 0.4) is 0 Å². The Bertz CT molecular complexity index is 554. The topological polar surface area (TPSA) is 34.1 Å². The molecule has 1 aromatic heterocycles. The van der Waals surface area contributed by atoms with Crippen LogP contribution in [0.25, 0.3) is 0 Å². The fourth-order valence-electron chi connectivity index (χ4n) is 2.56. The summed E-state index contributed by atoms with van der Waals surface area (Å²) in [5.74, 6) is 1.04. The monoisotopic (exact) mass is 254 g/mol. The highest BCUT2D eigenvalue weighted by molar-refractivity contribution is 5.49. The van der Waals surface area contributed by atoms with Gasteiger partial charge in [-0.15, -0.1) is 0 Å². The quantitative estimate of drug-likeness (QED) is 0.887. The van der Waals surface area contributed by atoms with Crippen LogP contribution in [0.5, 0.6) is 5.75 Å². The SMILES string of the molecule is Cc1cccc2c1OCCCC2Nc1cccnc1. The largest absolute Gasteiger partial charge is 0.493 e. The predicted octanol–water partition coefficient (Wildman–Crippen LogP) is 3.72. The maximum atomic E-state index is 5.89. The second kappa shape index (κ2) is 5.31. The van der Waals surface area contributed by atoms with E-state index in [1.165, 1.54) is 11.1 Å². The van der Waals surface area contributed by atoms with Crippen molar-refractivity contribution in [1.29, 1.82) is 0 Å². The molecule has 1 unspecified atom stereocenters. The standard InChI is InChI=1S/C16H18N2O/c1-12-5-2-7-14-15(8-4-10-19-16(12)14)18-13-6-3-9-17-11-13/h2-3,5-7,9,11,15,18H,4,8,10H2,1H3. The van der Waals surface area contributed by atoms with Crippen LogP contribution >= 0.6 is 0 Å². The van der Waals surface area contributed by atoms with Gasteiger partial charge >= 0.3 is 0 Å². The molecule has 0 saturated heterocycles. The Kier molecular flexibility index (Phi) is 3.36. The molecule has 1 aliphatic rings. The minimum absolute atomic E-state index is 0.293. The van der Waals surface area contributed by atoms with E-state index in [2.05, 4.69) is 35.4 Å². The van der Waals surface area contributed by atoms with Crippen LogP contribution in [0.2, 0.25) is 0 Å². The van der Waals surface area contributed by atoms with Gasteiger partial charge in [-0.05, 0) is 37.5 Å². The molecule has 0 spiro atoms. The van der Waals surface area contributed by atoms with E-state index in [-0.39, 0.29) is 0 Å². The summed E-state index contributed by atoms with van der Waals surface area (Å²) in [5, 5.41) is 3.56. The number of rotatable bonds is 2. The maximum absolute atomic E-state index is 5.89. The van der Waals surface area contributed by atoms with E-state index < -0.39 is 0 Å². The van der Waals surface area contributed by atoms with Crippen LogP contribution in [0.1, 0.15) is 30.0 Å². The molecule has 2 heterocycles. The Morgan fingerprint density at radius 1 is 1.26 bits per heavy atom. The third kappa shape index (κ3) is 2.55. The van der Waals surface area contributed by atoms with Crippen molar-refractivity contribution in [2.75, 3.05) is 11.9 Å². The number of fused-ring (bicyclic) bond motifs is 1. The molecule has 19 heavy (non-hydrogen) atoms. The van der Waals surface area contributed by atoms with Crippen LogP contribution < -0.4 is 10.1 Å². The number of ether oxygens (including phenoxy) is 1. The molecule has 3 rings (SSSR count). The molecule has 0 saturated carbocycles. The van der Waals surface area contributed by atoms with Crippen LogP contribution in [0.4, 0.5) is 5.69 Å². The number of hydrogen-bond donors (Lipinski definition) is 1. The molecule has 98 valence electrons. The molecular weight excluding hydrogens is 236 g/mol. The molecule has 0 aliphatic carbocycles. The lowest BCUT2D eigenvalue weighted by atomic mass is 9.99. The Hall–Kier alpha value is -2.03. The number of pyridine rings is 1. The van der Waals surface area contributed by atoms with Crippen LogP contribution in [-0.2, 0) is 0 Å². The Morgan fingerprint density at radius 2 is 2.21 bits per heavy atom. The van der Waals surface area contributed by atoms with Crippen molar-refractivity contribution in [1.82, 2.24) is 4.98 Å². The highest BCUT2D eigenvalue weighted by Crippen LogP contribution is 2.35. The number of benzene rings is 1. The molecule has 3 nitrogen and oxygen atoms in total. The number of nitrogens with zero attached hydrogens (tertiary/aromatic N) is 1. The van der Waals surface area contributed by atoms with Gasteiger partial charge in [-0.2, -0.15) is 0 Å². The van der Waals surface area contributed by atoms with Crippen molar-refractivity contribution in [2.24, 2.45) is 0 Å². The molecule has 1 aliphatic heterocycles. The average molecular weight is 254 g/mol. The van der Waals surface area contributed by atoms with Gasteiger partial charge in [0.05, 0.1) is 18.3 Å². The van der Waals surface area contributed by atoms with E-state index in [0.717, 1.165) is 30.9 Å². The first kappa shape index (κ1) is 12.0. The van der Waals surface area contributed by atoms with Crippen molar-refractivity contribution in [3.8, 4) is 5.75 Å². The van der Waals surface area contributed by atoms with E-state index in [0.29, 0.717) is 6.04 Å². The molecular formula is C16H18N2O.